The molecular weight excluding hydrogens is 180 g/mol. The van der Waals surface area contributed by atoms with Crippen LogP contribution in [0.15, 0.2) is 0 Å². The Morgan fingerprint density at radius 1 is 1.64 bits per heavy atom. The summed E-state index contributed by atoms with van der Waals surface area (Å²) in [7, 11) is 3.54. The van der Waals surface area contributed by atoms with Gasteiger partial charge in [0.15, 0.2) is 0 Å². The Bertz CT molecular complexity index is 197. The topological polar surface area (TPSA) is 41.6 Å². The van der Waals surface area contributed by atoms with Crippen LogP contribution in [0.5, 0.6) is 0 Å². The molecule has 0 aliphatic carbocycles. The van der Waals surface area contributed by atoms with Gasteiger partial charge in [0, 0.05) is 27.2 Å². The minimum atomic E-state index is -0.0449. The van der Waals surface area contributed by atoms with E-state index in [-0.39, 0.29) is 18.1 Å². The molecule has 1 saturated heterocycles. The highest BCUT2D eigenvalue weighted by atomic mass is 16.5. The van der Waals surface area contributed by atoms with E-state index in [4.69, 9.17) is 4.74 Å². The summed E-state index contributed by atoms with van der Waals surface area (Å²) in [5.74, 6) is 0.186. The van der Waals surface area contributed by atoms with Crippen LogP contribution in [0.3, 0.4) is 0 Å². The van der Waals surface area contributed by atoms with Gasteiger partial charge in [0.2, 0.25) is 5.91 Å². The van der Waals surface area contributed by atoms with E-state index in [0.29, 0.717) is 0 Å². The number of nitrogens with one attached hydrogen (secondary N) is 1. The highest BCUT2D eigenvalue weighted by molar-refractivity contribution is 5.82. The van der Waals surface area contributed by atoms with Gasteiger partial charge in [-0.1, -0.05) is 6.92 Å². The van der Waals surface area contributed by atoms with Crippen molar-refractivity contribution in [2.24, 2.45) is 0 Å². The molecule has 82 valence electrons. The molecule has 1 aliphatic rings. The highest BCUT2D eigenvalue weighted by Gasteiger charge is 2.30. The van der Waals surface area contributed by atoms with Crippen LogP contribution in [0.4, 0.5) is 0 Å². The molecule has 0 aromatic rings. The molecule has 0 radical (unpaired) electrons. The van der Waals surface area contributed by atoms with Gasteiger partial charge in [-0.3, -0.25) is 4.79 Å². The van der Waals surface area contributed by atoms with Gasteiger partial charge in [0.1, 0.15) is 0 Å². The Morgan fingerprint density at radius 3 is 2.86 bits per heavy atom. The second-order valence-corrected chi connectivity index (χ2v) is 3.81. The first kappa shape index (κ1) is 11.5. The second kappa shape index (κ2) is 5.32. The minimum absolute atomic E-state index is 0.0449. The highest BCUT2D eigenvalue weighted by Crippen LogP contribution is 2.11. The average Bonchev–Trinajstić information content (AvgIpc) is 2.65. The number of carbonyl (C=O) groups is 1. The number of nitrogens with zero attached hydrogens (tertiary/aromatic N) is 1. The number of carbonyl (C=O) groups excluding carboxylic acids is 1. The molecule has 1 rings (SSSR count). The second-order valence-electron chi connectivity index (χ2n) is 3.81. The van der Waals surface area contributed by atoms with Crippen molar-refractivity contribution in [1.82, 2.24) is 10.2 Å². The van der Waals surface area contributed by atoms with Crippen LogP contribution < -0.4 is 5.32 Å². The van der Waals surface area contributed by atoms with E-state index in [1.807, 2.05) is 7.05 Å². The molecule has 14 heavy (non-hydrogen) atoms. The normalized spacial score (nSPS) is 26.5. The lowest BCUT2D eigenvalue weighted by Gasteiger charge is -2.20. The number of rotatable bonds is 4. The Labute approximate surface area is 85.6 Å². The fourth-order valence-electron chi connectivity index (χ4n) is 1.78. The van der Waals surface area contributed by atoms with E-state index < -0.39 is 0 Å². The van der Waals surface area contributed by atoms with Gasteiger partial charge in [0.25, 0.3) is 0 Å². The third-order valence-electron chi connectivity index (χ3n) is 2.66. The summed E-state index contributed by atoms with van der Waals surface area (Å²) in [6, 6.07) is -0.0449. The quantitative estimate of drug-likeness (QED) is 0.706. The molecule has 2 unspecified atom stereocenters. The van der Waals surface area contributed by atoms with Gasteiger partial charge in [-0.15, -0.1) is 0 Å². The Hall–Kier alpha value is -0.610. The van der Waals surface area contributed by atoms with Crippen molar-refractivity contribution in [3.8, 4) is 0 Å². The molecule has 0 aromatic carbocycles. The first-order chi connectivity index (χ1) is 6.69. The van der Waals surface area contributed by atoms with Gasteiger partial charge in [0.05, 0.1) is 12.1 Å². The molecule has 0 aromatic heterocycles. The van der Waals surface area contributed by atoms with Crippen LogP contribution in [-0.4, -0.2) is 50.2 Å². The summed E-state index contributed by atoms with van der Waals surface area (Å²) in [4.78, 5) is 13.6. The van der Waals surface area contributed by atoms with Gasteiger partial charge in [-0.2, -0.15) is 0 Å². The van der Waals surface area contributed by atoms with Crippen molar-refractivity contribution >= 4 is 5.91 Å². The van der Waals surface area contributed by atoms with Gasteiger partial charge in [-0.05, 0) is 12.8 Å². The maximum Gasteiger partial charge on any atom is 0.239 e. The first-order valence-electron chi connectivity index (χ1n) is 5.20. The standard InChI is InChI=1S/C10H20N2O2/c1-4-5-12(2)10(13)9-6-8(14-3)7-11-9/h8-9,11H,4-7H2,1-3H3. The third kappa shape index (κ3) is 2.69. The van der Waals surface area contributed by atoms with E-state index in [9.17, 15) is 4.79 Å². The summed E-state index contributed by atoms with van der Waals surface area (Å²) in [5, 5.41) is 3.18. The lowest BCUT2D eigenvalue weighted by Crippen LogP contribution is -2.41. The van der Waals surface area contributed by atoms with Crippen molar-refractivity contribution in [3.63, 3.8) is 0 Å². The molecule has 4 heteroatoms. The van der Waals surface area contributed by atoms with Crippen LogP contribution in [0.25, 0.3) is 0 Å². The van der Waals surface area contributed by atoms with E-state index in [2.05, 4.69) is 12.2 Å². The number of methoxy groups -OCH3 is 1. The lowest BCUT2D eigenvalue weighted by molar-refractivity contribution is -0.131. The van der Waals surface area contributed by atoms with Crippen molar-refractivity contribution < 1.29 is 9.53 Å². The number of likely N-dealkylation sites (N-methyl/N-ethyl adjacent to an activating group) is 1. The summed E-state index contributed by atoms with van der Waals surface area (Å²) in [6.45, 7) is 3.69. The van der Waals surface area contributed by atoms with Gasteiger partial charge < -0.3 is 15.0 Å². The SMILES string of the molecule is CCCN(C)C(=O)C1CC(OC)CN1. The fraction of sp³-hybridized carbons (Fsp3) is 0.900. The van der Waals surface area contributed by atoms with E-state index >= 15 is 0 Å². The zero-order chi connectivity index (χ0) is 10.6. The van der Waals surface area contributed by atoms with Crippen LogP contribution >= 0.6 is 0 Å². The maximum absolute atomic E-state index is 11.8. The molecular formula is C10H20N2O2. The zero-order valence-corrected chi connectivity index (χ0v) is 9.25. The monoisotopic (exact) mass is 200 g/mol. The molecule has 1 heterocycles. The van der Waals surface area contributed by atoms with Crippen molar-refractivity contribution in [2.45, 2.75) is 31.9 Å². The number of hydrogen-bond donors (Lipinski definition) is 1. The third-order valence-corrected chi connectivity index (χ3v) is 2.66. The maximum atomic E-state index is 11.8. The summed E-state index contributed by atoms with van der Waals surface area (Å²) < 4.78 is 5.20. The predicted molar refractivity (Wildman–Crippen MR) is 55.1 cm³/mol. The molecule has 0 spiro atoms. The van der Waals surface area contributed by atoms with Crippen LogP contribution in [0.1, 0.15) is 19.8 Å². The van der Waals surface area contributed by atoms with E-state index in [1.54, 1.807) is 12.0 Å². The molecule has 0 bridgehead atoms. The minimum Gasteiger partial charge on any atom is -0.380 e. The molecule has 4 nitrogen and oxygen atoms in total. The largest absolute Gasteiger partial charge is 0.380 e. The number of ether oxygens (including phenoxy) is 1. The van der Waals surface area contributed by atoms with E-state index in [0.717, 1.165) is 25.9 Å². The number of hydrogen-bond acceptors (Lipinski definition) is 3. The summed E-state index contributed by atoms with van der Waals surface area (Å²) in [5.41, 5.74) is 0. The molecule has 1 amide bonds. The average molecular weight is 200 g/mol. The van der Waals surface area contributed by atoms with Crippen molar-refractivity contribution in [3.05, 3.63) is 0 Å². The smallest absolute Gasteiger partial charge is 0.239 e. The van der Waals surface area contributed by atoms with Crippen molar-refractivity contribution in [2.75, 3.05) is 27.2 Å². The molecule has 2 atom stereocenters. The van der Waals surface area contributed by atoms with Crippen LogP contribution in [0, 0.1) is 0 Å². The molecule has 1 aliphatic heterocycles. The Morgan fingerprint density at radius 2 is 2.36 bits per heavy atom. The van der Waals surface area contributed by atoms with Crippen LogP contribution in [-0.2, 0) is 9.53 Å². The van der Waals surface area contributed by atoms with Gasteiger partial charge >= 0.3 is 0 Å². The van der Waals surface area contributed by atoms with Gasteiger partial charge in [-0.25, -0.2) is 0 Å². The van der Waals surface area contributed by atoms with E-state index in [1.165, 1.54) is 0 Å². The predicted octanol–water partition coefficient (Wildman–Crippen LogP) is 0.232. The molecule has 0 saturated carbocycles. The zero-order valence-electron chi connectivity index (χ0n) is 9.25. The summed E-state index contributed by atoms with van der Waals surface area (Å²) in [6.07, 6.45) is 1.99. The van der Waals surface area contributed by atoms with Crippen LogP contribution in [0.2, 0.25) is 0 Å². The molecule has 1 fully saturated rings. The Balaban J connectivity index is 2.38. The fourth-order valence-corrected chi connectivity index (χ4v) is 1.78. The Kier molecular flexibility index (Phi) is 4.35. The number of amides is 1. The lowest BCUT2D eigenvalue weighted by atomic mass is 10.2. The summed E-state index contributed by atoms with van der Waals surface area (Å²) >= 11 is 0. The van der Waals surface area contributed by atoms with Crippen molar-refractivity contribution in [1.29, 1.82) is 0 Å². The first-order valence-corrected chi connectivity index (χ1v) is 5.20. The molecule has 1 N–H and O–H groups in total.